The molecule has 2 saturated carbocycles. The summed E-state index contributed by atoms with van der Waals surface area (Å²) in [5.74, 6) is 1.04. The molecule has 3 unspecified atom stereocenters. The molecule has 4 nitrogen and oxygen atoms in total. The Hall–Kier alpha value is -0.610. The second kappa shape index (κ2) is 6.44. The summed E-state index contributed by atoms with van der Waals surface area (Å²) >= 11 is 0. The predicted molar refractivity (Wildman–Crippen MR) is 78.5 cm³/mol. The van der Waals surface area contributed by atoms with E-state index < -0.39 is 0 Å². The molecule has 0 radical (unpaired) electrons. The van der Waals surface area contributed by atoms with Crippen molar-refractivity contribution < 1.29 is 9.53 Å². The van der Waals surface area contributed by atoms with Crippen LogP contribution in [0.25, 0.3) is 0 Å². The Balaban J connectivity index is 1.42. The number of carbonyl (C=O) groups is 1. The molecule has 1 saturated heterocycles. The van der Waals surface area contributed by atoms with E-state index >= 15 is 0 Å². The SMILES string of the molecule is CCOC1CC(NC(=O)C2CCC3CCCCC3N2)C1. The maximum absolute atomic E-state index is 12.3. The van der Waals surface area contributed by atoms with Gasteiger partial charge >= 0.3 is 0 Å². The first-order valence-electron chi connectivity index (χ1n) is 8.44. The number of ether oxygens (including phenoxy) is 1. The minimum absolute atomic E-state index is 0.0421. The van der Waals surface area contributed by atoms with Crippen LogP contribution in [-0.2, 0) is 9.53 Å². The third-order valence-corrected chi connectivity index (χ3v) is 5.31. The van der Waals surface area contributed by atoms with Gasteiger partial charge in [0.15, 0.2) is 0 Å². The van der Waals surface area contributed by atoms with Crippen molar-refractivity contribution in [3.8, 4) is 0 Å². The predicted octanol–water partition coefficient (Wildman–Crippen LogP) is 1.98. The van der Waals surface area contributed by atoms with Crippen molar-refractivity contribution >= 4 is 5.91 Å². The van der Waals surface area contributed by atoms with Gasteiger partial charge in [-0.1, -0.05) is 12.8 Å². The van der Waals surface area contributed by atoms with Crippen molar-refractivity contribution in [3.63, 3.8) is 0 Å². The van der Waals surface area contributed by atoms with Gasteiger partial charge in [0.05, 0.1) is 12.1 Å². The molecular formula is C16H28N2O2. The maximum Gasteiger partial charge on any atom is 0.237 e. The molecule has 1 heterocycles. The Labute approximate surface area is 122 Å². The third-order valence-electron chi connectivity index (χ3n) is 5.31. The first-order chi connectivity index (χ1) is 9.76. The van der Waals surface area contributed by atoms with Crippen LogP contribution in [0.3, 0.4) is 0 Å². The Bertz CT molecular complexity index is 341. The van der Waals surface area contributed by atoms with Gasteiger partial charge in [-0.3, -0.25) is 4.79 Å². The highest BCUT2D eigenvalue weighted by Crippen LogP contribution is 2.32. The van der Waals surface area contributed by atoms with Gasteiger partial charge in [0.2, 0.25) is 5.91 Å². The number of amides is 1. The Morgan fingerprint density at radius 1 is 1.20 bits per heavy atom. The first-order valence-corrected chi connectivity index (χ1v) is 8.44. The molecule has 0 aromatic rings. The van der Waals surface area contributed by atoms with Gasteiger partial charge in [-0.25, -0.2) is 0 Å². The number of piperidine rings is 1. The third kappa shape index (κ3) is 3.17. The van der Waals surface area contributed by atoms with Gasteiger partial charge in [-0.05, 0) is 51.4 Å². The van der Waals surface area contributed by atoms with E-state index in [1.54, 1.807) is 0 Å². The van der Waals surface area contributed by atoms with Gasteiger partial charge in [-0.2, -0.15) is 0 Å². The summed E-state index contributed by atoms with van der Waals surface area (Å²) in [7, 11) is 0. The average Bonchev–Trinajstić information content (AvgIpc) is 2.44. The smallest absolute Gasteiger partial charge is 0.237 e. The van der Waals surface area contributed by atoms with Crippen LogP contribution < -0.4 is 10.6 Å². The number of nitrogens with one attached hydrogen (secondary N) is 2. The minimum atomic E-state index is 0.0421. The van der Waals surface area contributed by atoms with Crippen molar-refractivity contribution in [1.29, 1.82) is 0 Å². The zero-order chi connectivity index (χ0) is 13.9. The molecule has 2 aliphatic carbocycles. The average molecular weight is 280 g/mol. The number of hydrogen-bond acceptors (Lipinski definition) is 3. The molecule has 3 fully saturated rings. The van der Waals surface area contributed by atoms with Crippen LogP contribution in [-0.4, -0.2) is 36.7 Å². The lowest BCUT2D eigenvalue weighted by atomic mass is 9.77. The molecule has 0 aromatic carbocycles. The van der Waals surface area contributed by atoms with Gasteiger partial charge in [0.25, 0.3) is 0 Å². The lowest BCUT2D eigenvalue weighted by Crippen LogP contribution is -2.58. The molecule has 114 valence electrons. The molecule has 0 aromatic heterocycles. The molecule has 4 heteroatoms. The number of rotatable bonds is 4. The molecule has 2 N–H and O–H groups in total. The van der Waals surface area contributed by atoms with Crippen LogP contribution in [0.1, 0.15) is 58.3 Å². The fraction of sp³-hybridized carbons (Fsp3) is 0.938. The van der Waals surface area contributed by atoms with Gasteiger partial charge in [0, 0.05) is 18.7 Å². The summed E-state index contributed by atoms with van der Waals surface area (Å²) in [4.78, 5) is 12.3. The van der Waals surface area contributed by atoms with Crippen LogP contribution in [0.15, 0.2) is 0 Å². The molecule has 1 amide bonds. The topological polar surface area (TPSA) is 50.4 Å². The maximum atomic E-state index is 12.3. The van der Waals surface area contributed by atoms with Crippen molar-refractivity contribution in [2.75, 3.05) is 6.61 Å². The second-order valence-electron chi connectivity index (χ2n) is 6.70. The molecular weight excluding hydrogens is 252 g/mol. The van der Waals surface area contributed by atoms with E-state index in [9.17, 15) is 4.79 Å². The largest absolute Gasteiger partial charge is 0.378 e. The number of hydrogen-bond donors (Lipinski definition) is 2. The van der Waals surface area contributed by atoms with E-state index in [0.717, 1.165) is 31.8 Å². The highest BCUT2D eigenvalue weighted by Gasteiger charge is 2.37. The normalized spacial score (nSPS) is 40.5. The summed E-state index contributed by atoms with van der Waals surface area (Å²) in [6.07, 6.45) is 9.87. The minimum Gasteiger partial charge on any atom is -0.378 e. The van der Waals surface area contributed by atoms with E-state index in [1.165, 1.54) is 32.1 Å². The van der Waals surface area contributed by atoms with E-state index in [-0.39, 0.29) is 11.9 Å². The molecule has 1 aliphatic heterocycles. The monoisotopic (exact) mass is 280 g/mol. The van der Waals surface area contributed by atoms with E-state index in [1.807, 2.05) is 6.92 Å². The van der Waals surface area contributed by atoms with Crippen LogP contribution in [0, 0.1) is 5.92 Å². The Kier molecular flexibility index (Phi) is 4.61. The highest BCUT2D eigenvalue weighted by atomic mass is 16.5. The van der Waals surface area contributed by atoms with Crippen LogP contribution in [0.5, 0.6) is 0 Å². The molecule has 3 aliphatic rings. The molecule has 3 rings (SSSR count). The fourth-order valence-electron chi connectivity index (χ4n) is 4.06. The second-order valence-corrected chi connectivity index (χ2v) is 6.70. The van der Waals surface area contributed by atoms with Crippen LogP contribution >= 0.6 is 0 Å². The Morgan fingerprint density at radius 2 is 2.00 bits per heavy atom. The standard InChI is InChI=1S/C16H28N2O2/c1-2-20-13-9-12(10-13)17-16(19)15-8-7-11-5-3-4-6-14(11)18-15/h11-15,18H,2-10H2,1H3,(H,17,19). The van der Waals surface area contributed by atoms with E-state index in [4.69, 9.17) is 4.74 Å². The van der Waals surface area contributed by atoms with Gasteiger partial charge < -0.3 is 15.4 Å². The van der Waals surface area contributed by atoms with Gasteiger partial charge in [-0.15, -0.1) is 0 Å². The highest BCUT2D eigenvalue weighted by molar-refractivity contribution is 5.82. The van der Waals surface area contributed by atoms with Crippen LogP contribution in [0.4, 0.5) is 0 Å². The van der Waals surface area contributed by atoms with Crippen molar-refractivity contribution in [1.82, 2.24) is 10.6 Å². The summed E-state index contributed by atoms with van der Waals surface area (Å²) < 4.78 is 5.54. The van der Waals surface area contributed by atoms with Crippen molar-refractivity contribution in [3.05, 3.63) is 0 Å². The summed E-state index contributed by atoms with van der Waals surface area (Å²) in [6, 6.07) is 0.969. The number of fused-ring (bicyclic) bond motifs is 1. The van der Waals surface area contributed by atoms with Gasteiger partial charge in [0.1, 0.15) is 0 Å². The molecule has 20 heavy (non-hydrogen) atoms. The Morgan fingerprint density at radius 3 is 2.80 bits per heavy atom. The molecule has 0 bridgehead atoms. The zero-order valence-corrected chi connectivity index (χ0v) is 12.6. The summed E-state index contributed by atoms with van der Waals surface area (Å²) in [5, 5.41) is 6.79. The lowest BCUT2D eigenvalue weighted by molar-refractivity contribution is -0.127. The quantitative estimate of drug-likeness (QED) is 0.828. The first kappa shape index (κ1) is 14.3. The zero-order valence-electron chi connectivity index (χ0n) is 12.6. The molecule has 0 spiro atoms. The van der Waals surface area contributed by atoms with Crippen molar-refractivity contribution in [2.45, 2.75) is 82.5 Å². The lowest BCUT2D eigenvalue weighted by Gasteiger charge is -2.41. The van der Waals surface area contributed by atoms with E-state index in [0.29, 0.717) is 18.2 Å². The van der Waals surface area contributed by atoms with Crippen molar-refractivity contribution in [2.24, 2.45) is 5.92 Å². The summed E-state index contributed by atoms with van der Waals surface area (Å²) in [5.41, 5.74) is 0. The van der Waals surface area contributed by atoms with Crippen LogP contribution in [0.2, 0.25) is 0 Å². The summed E-state index contributed by atoms with van der Waals surface area (Å²) in [6.45, 7) is 2.80. The molecule has 3 atom stereocenters. The number of carbonyl (C=O) groups excluding carboxylic acids is 1. The fourth-order valence-corrected chi connectivity index (χ4v) is 4.06. The van der Waals surface area contributed by atoms with E-state index in [2.05, 4.69) is 10.6 Å².